The van der Waals surface area contributed by atoms with Crippen LogP contribution in [0.5, 0.6) is 5.75 Å². The first-order valence-electron chi connectivity index (χ1n) is 7.95. The van der Waals surface area contributed by atoms with Gasteiger partial charge in [-0.1, -0.05) is 6.92 Å². The summed E-state index contributed by atoms with van der Waals surface area (Å²) in [5.41, 5.74) is 0. The van der Waals surface area contributed by atoms with Crippen LogP contribution in [0.1, 0.15) is 26.2 Å². The zero-order chi connectivity index (χ0) is 15.8. The van der Waals surface area contributed by atoms with Gasteiger partial charge in [-0.2, -0.15) is 0 Å². The minimum Gasteiger partial charge on any atom is -0.493 e. The molecule has 22 heavy (non-hydrogen) atoms. The lowest BCUT2D eigenvalue weighted by atomic mass is 9.99. The van der Waals surface area contributed by atoms with Crippen molar-refractivity contribution in [3.8, 4) is 5.75 Å². The Morgan fingerprint density at radius 1 is 1.45 bits per heavy atom. The first-order chi connectivity index (χ1) is 10.7. The SMILES string of the molecule is COc1cccnc1NC(=S)NCCCN1CCC(C)CC1. The molecule has 5 nitrogen and oxygen atoms in total. The fourth-order valence-corrected chi connectivity index (χ4v) is 2.79. The van der Waals surface area contributed by atoms with Crippen LogP contribution in [0.4, 0.5) is 5.82 Å². The van der Waals surface area contributed by atoms with Crippen LogP contribution in [-0.2, 0) is 0 Å². The molecule has 2 N–H and O–H groups in total. The molecule has 1 aromatic heterocycles. The molecule has 2 rings (SSSR count). The van der Waals surface area contributed by atoms with Gasteiger partial charge in [0.15, 0.2) is 16.7 Å². The van der Waals surface area contributed by atoms with E-state index in [1.54, 1.807) is 13.3 Å². The molecular formula is C16H26N4OS. The maximum absolute atomic E-state index is 5.30. The van der Waals surface area contributed by atoms with Gasteiger partial charge >= 0.3 is 0 Å². The van der Waals surface area contributed by atoms with Gasteiger partial charge < -0.3 is 20.3 Å². The third kappa shape index (κ3) is 5.42. The highest BCUT2D eigenvalue weighted by molar-refractivity contribution is 7.80. The van der Waals surface area contributed by atoms with Crippen molar-refractivity contribution in [2.45, 2.75) is 26.2 Å². The highest BCUT2D eigenvalue weighted by Crippen LogP contribution is 2.19. The number of nitrogens with one attached hydrogen (secondary N) is 2. The minimum atomic E-state index is 0.587. The number of hydrogen-bond donors (Lipinski definition) is 2. The lowest BCUT2D eigenvalue weighted by Gasteiger charge is -2.30. The van der Waals surface area contributed by atoms with E-state index in [1.165, 1.54) is 25.9 Å². The van der Waals surface area contributed by atoms with E-state index >= 15 is 0 Å². The third-order valence-corrected chi connectivity index (χ3v) is 4.28. The number of pyridine rings is 1. The van der Waals surface area contributed by atoms with Crippen LogP contribution in [-0.4, -0.2) is 48.3 Å². The fourth-order valence-electron chi connectivity index (χ4n) is 2.59. The summed E-state index contributed by atoms with van der Waals surface area (Å²) in [6.45, 7) is 6.81. The van der Waals surface area contributed by atoms with Crippen molar-refractivity contribution in [2.24, 2.45) is 5.92 Å². The van der Waals surface area contributed by atoms with E-state index in [-0.39, 0.29) is 0 Å². The number of aromatic nitrogens is 1. The molecular weight excluding hydrogens is 296 g/mol. The van der Waals surface area contributed by atoms with E-state index in [9.17, 15) is 0 Å². The zero-order valence-corrected chi connectivity index (χ0v) is 14.3. The Bertz CT molecular complexity index is 475. The van der Waals surface area contributed by atoms with Crippen LogP contribution in [0, 0.1) is 5.92 Å². The smallest absolute Gasteiger partial charge is 0.174 e. The molecule has 1 fully saturated rings. The number of piperidine rings is 1. The number of ether oxygens (including phenoxy) is 1. The quantitative estimate of drug-likeness (QED) is 0.620. The maximum Gasteiger partial charge on any atom is 0.174 e. The first-order valence-corrected chi connectivity index (χ1v) is 8.36. The molecule has 6 heteroatoms. The molecule has 0 unspecified atom stereocenters. The molecule has 1 aliphatic rings. The van der Waals surface area contributed by atoms with Gasteiger partial charge in [0.05, 0.1) is 7.11 Å². The number of thiocarbonyl (C=S) groups is 1. The summed E-state index contributed by atoms with van der Waals surface area (Å²) in [6, 6.07) is 3.69. The Morgan fingerprint density at radius 3 is 2.95 bits per heavy atom. The monoisotopic (exact) mass is 322 g/mol. The highest BCUT2D eigenvalue weighted by atomic mass is 32.1. The molecule has 0 amide bonds. The number of anilines is 1. The van der Waals surface area contributed by atoms with E-state index in [1.807, 2.05) is 12.1 Å². The lowest BCUT2D eigenvalue weighted by Crippen LogP contribution is -2.36. The molecule has 122 valence electrons. The summed E-state index contributed by atoms with van der Waals surface area (Å²) in [5.74, 6) is 2.22. The van der Waals surface area contributed by atoms with Crippen LogP contribution in [0.2, 0.25) is 0 Å². The number of rotatable bonds is 6. The lowest BCUT2D eigenvalue weighted by molar-refractivity contribution is 0.191. The Labute approximate surface area is 138 Å². The van der Waals surface area contributed by atoms with Crippen LogP contribution >= 0.6 is 12.2 Å². The molecule has 0 aliphatic carbocycles. The summed E-state index contributed by atoms with van der Waals surface area (Å²) < 4.78 is 5.24. The van der Waals surface area contributed by atoms with Gasteiger partial charge in [-0.25, -0.2) is 4.98 Å². The van der Waals surface area contributed by atoms with Crippen molar-refractivity contribution < 1.29 is 4.74 Å². The summed E-state index contributed by atoms with van der Waals surface area (Å²) in [7, 11) is 1.62. The Balaban J connectivity index is 1.63. The summed E-state index contributed by atoms with van der Waals surface area (Å²) in [4.78, 5) is 6.77. The number of likely N-dealkylation sites (tertiary alicyclic amines) is 1. The fraction of sp³-hybridized carbons (Fsp3) is 0.625. The average Bonchev–Trinajstić information content (AvgIpc) is 2.54. The number of hydrogen-bond acceptors (Lipinski definition) is 4. The maximum atomic E-state index is 5.30. The molecule has 1 aromatic rings. The van der Waals surface area contributed by atoms with E-state index < -0.39 is 0 Å². The van der Waals surface area contributed by atoms with Gasteiger partial charge in [-0.05, 0) is 69.2 Å². The summed E-state index contributed by atoms with van der Waals surface area (Å²) >= 11 is 5.30. The van der Waals surface area contributed by atoms with Crippen molar-refractivity contribution in [3.05, 3.63) is 18.3 Å². The zero-order valence-electron chi connectivity index (χ0n) is 13.5. The number of nitrogens with zero attached hydrogens (tertiary/aromatic N) is 2. The number of methoxy groups -OCH3 is 1. The topological polar surface area (TPSA) is 49.4 Å². The summed E-state index contributed by atoms with van der Waals surface area (Å²) in [6.07, 6.45) is 5.46. The predicted octanol–water partition coefficient (Wildman–Crippen LogP) is 2.50. The second kappa shape index (κ2) is 8.90. The molecule has 0 atom stereocenters. The van der Waals surface area contributed by atoms with Gasteiger partial charge in [-0.15, -0.1) is 0 Å². The molecule has 1 saturated heterocycles. The van der Waals surface area contributed by atoms with E-state index in [0.29, 0.717) is 16.7 Å². The molecule has 2 heterocycles. The van der Waals surface area contributed by atoms with E-state index in [2.05, 4.69) is 27.4 Å². The van der Waals surface area contributed by atoms with E-state index in [4.69, 9.17) is 17.0 Å². The second-order valence-electron chi connectivity index (χ2n) is 5.81. The Hall–Kier alpha value is -1.40. The minimum absolute atomic E-state index is 0.587. The van der Waals surface area contributed by atoms with Crippen LogP contribution in [0.3, 0.4) is 0 Å². The van der Waals surface area contributed by atoms with Crippen molar-refractivity contribution in [3.63, 3.8) is 0 Å². The second-order valence-corrected chi connectivity index (χ2v) is 6.22. The van der Waals surface area contributed by atoms with Gasteiger partial charge in [-0.3, -0.25) is 0 Å². The molecule has 0 spiro atoms. The van der Waals surface area contributed by atoms with Crippen LogP contribution < -0.4 is 15.4 Å². The van der Waals surface area contributed by atoms with Crippen molar-refractivity contribution in [1.29, 1.82) is 0 Å². The van der Waals surface area contributed by atoms with Crippen LogP contribution in [0.15, 0.2) is 18.3 Å². The molecule has 0 saturated carbocycles. The normalized spacial score (nSPS) is 16.3. The van der Waals surface area contributed by atoms with Crippen molar-refractivity contribution >= 4 is 23.1 Å². The standard InChI is InChI=1S/C16H26N4OS/c1-13-6-11-20(12-7-13)10-4-9-18-16(22)19-15-14(21-2)5-3-8-17-15/h3,5,8,13H,4,6-7,9-12H2,1-2H3,(H2,17,18,19,22). The van der Waals surface area contributed by atoms with Crippen LogP contribution in [0.25, 0.3) is 0 Å². The van der Waals surface area contributed by atoms with Crippen molar-refractivity contribution in [1.82, 2.24) is 15.2 Å². The predicted molar refractivity (Wildman–Crippen MR) is 94.5 cm³/mol. The third-order valence-electron chi connectivity index (χ3n) is 4.04. The molecule has 0 aromatic carbocycles. The van der Waals surface area contributed by atoms with Gasteiger partial charge in [0.1, 0.15) is 0 Å². The Morgan fingerprint density at radius 2 is 2.23 bits per heavy atom. The average molecular weight is 322 g/mol. The van der Waals surface area contributed by atoms with Gasteiger partial charge in [0.25, 0.3) is 0 Å². The molecule has 1 aliphatic heterocycles. The molecule has 0 radical (unpaired) electrons. The van der Waals surface area contributed by atoms with Gasteiger partial charge in [0.2, 0.25) is 0 Å². The van der Waals surface area contributed by atoms with E-state index in [0.717, 1.165) is 25.4 Å². The summed E-state index contributed by atoms with van der Waals surface area (Å²) in [5, 5.41) is 6.89. The highest BCUT2D eigenvalue weighted by Gasteiger charge is 2.14. The van der Waals surface area contributed by atoms with Crippen molar-refractivity contribution in [2.75, 3.05) is 38.6 Å². The molecule has 0 bridgehead atoms. The van der Waals surface area contributed by atoms with Gasteiger partial charge in [0, 0.05) is 12.7 Å². The Kier molecular flexibility index (Phi) is 6.86. The largest absolute Gasteiger partial charge is 0.493 e. The first kappa shape index (κ1) is 17.0.